The highest BCUT2D eigenvalue weighted by molar-refractivity contribution is 5.74. The molecule has 1 N–H and O–H groups in total. The molecule has 5 nitrogen and oxygen atoms in total. The molecule has 1 saturated heterocycles. The van der Waals surface area contributed by atoms with E-state index < -0.39 is 0 Å². The first-order valence-electron chi connectivity index (χ1n) is 5.97. The third-order valence-corrected chi connectivity index (χ3v) is 2.96. The molecule has 0 bridgehead atoms. The summed E-state index contributed by atoms with van der Waals surface area (Å²) in [5, 5.41) is 2.94. The molecule has 1 aliphatic rings. The minimum Gasteiger partial charge on any atom is -0.373 e. The van der Waals surface area contributed by atoms with Crippen molar-refractivity contribution in [3.8, 4) is 0 Å². The van der Waals surface area contributed by atoms with E-state index >= 15 is 0 Å². The van der Waals surface area contributed by atoms with Crippen LogP contribution in [0.2, 0.25) is 0 Å². The summed E-state index contributed by atoms with van der Waals surface area (Å²) in [6.45, 7) is 8.66. The summed E-state index contributed by atoms with van der Waals surface area (Å²) in [6.07, 6.45) is 1.77. The second-order valence-corrected chi connectivity index (χ2v) is 4.58. The van der Waals surface area contributed by atoms with Crippen LogP contribution in [-0.4, -0.2) is 68.3 Å². The minimum atomic E-state index is -0.0887. The molecule has 1 rings (SSSR count). The number of carbonyl (C=O) groups is 1. The van der Waals surface area contributed by atoms with Crippen molar-refractivity contribution < 1.29 is 9.53 Å². The first-order chi connectivity index (χ1) is 8.04. The quantitative estimate of drug-likeness (QED) is 0.730. The second kappa shape index (κ2) is 6.61. The van der Waals surface area contributed by atoms with Crippen LogP contribution in [0.3, 0.4) is 0 Å². The summed E-state index contributed by atoms with van der Waals surface area (Å²) >= 11 is 0. The van der Waals surface area contributed by atoms with Crippen LogP contribution in [0.25, 0.3) is 0 Å². The van der Waals surface area contributed by atoms with E-state index in [9.17, 15) is 4.79 Å². The normalized spacial score (nSPS) is 22.9. The lowest BCUT2D eigenvalue weighted by Crippen LogP contribution is -2.53. The highest BCUT2D eigenvalue weighted by Gasteiger charge is 2.25. The molecule has 1 aliphatic heterocycles. The summed E-state index contributed by atoms with van der Waals surface area (Å²) in [4.78, 5) is 15.6. The van der Waals surface area contributed by atoms with E-state index in [1.807, 2.05) is 6.92 Å². The van der Waals surface area contributed by atoms with E-state index in [0.717, 1.165) is 19.7 Å². The fraction of sp³-hybridized carbons (Fsp3) is 0.750. The van der Waals surface area contributed by atoms with Crippen LogP contribution in [0.1, 0.15) is 6.92 Å². The van der Waals surface area contributed by atoms with E-state index in [4.69, 9.17) is 4.74 Å². The van der Waals surface area contributed by atoms with Crippen LogP contribution in [0.4, 0.5) is 4.79 Å². The lowest BCUT2D eigenvalue weighted by molar-refractivity contribution is -0.0338. The molecule has 0 aromatic carbocycles. The topological polar surface area (TPSA) is 44.8 Å². The molecule has 1 heterocycles. The van der Waals surface area contributed by atoms with Gasteiger partial charge in [0.2, 0.25) is 0 Å². The monoisotopic (exact) mass is 241 g/mol. The molecule has 98 valence electrons. The number of ether oxygens (including phenoxy) is 1. The summed E-state index contributed by atoms with van der Waals surface area (Å²) in [6, 6.07) is -0.0771. The summed E-state index contributed by atoms with van der Waals surface area (Å²) in [5.74, 6) is 0. The summed E-state index contributed by atoms with van der Waals surface area (Å²) in [5.41, 5.74) is 0. The standard InChI is InChI=1S/C12H23N3O2/c1-5-6-15(4)12(16)13-10(2)11-9-14(3)7-8-17-11/h5,10-11H,1,6-9H2,2-4H3,(H,13,16)/t10-,11-/m0/s1. The molecule has 0 aromatic heterocycles. The third-order valence-electron chi connectivity index (χ3n) is 2.96. The fourth-order valence-electron chi connectivity index (χ4n) is 1.79. The van der Waals surface area contributed by atoms with Crippen LogP contribution in [0.15, 0.2) is 12.7 Å². The average molecular weight is 241 g/mol. The van der Waals surface area contributed by atoms with Gasteiger partial charge in [0.15, 0.2) is 0 Å². The van der Waals surface area contributed by atoms with E-state index in [-0.39, 0.29) is 18.2 Å². The van der Waals surface area contributed by atoms with Gasteiger partial charge in [0.25, 0.3) is 0 Å². The van der Waals surface area contributed by atoms with E-state index in [0.29, 0.717) is 6.54 Å². The van der Waals surface area contributed by atoms with Crippen molar-refractivity contribution >= 4 is 6.03 Å². The molecule has 0 aromatic rings. The zero-order valence-electron chi connectivity index (χ0n) is 11.0. The van der Waals surface area contributed by atoms with E-state index in [2.05, 4.69) is 23.8 Å². The largest absolute Gasteiger partial charge is 0.373 e. The van der Waals surface area contributed by atoms with E-state index in [1.165, 1.54) is 0 Å². The van der Waals surface area contributed by atoms with Gasteiger partial charge in [-0.25, -0.2) is 4.79 Å². The number of hydrogen-bond donors (Lipinski definition) is 1. The van der Waals surface area contributed by atoms with Gasteiger partial charge in [0.05, 0.1) is 18.8 Å². The van der Waals surface area contributed by atoms with Gasteiger partial charge in [-0.3, -0.25) is 0 Å². The minimum absolute atomic E-state index is 0.0116. The van der Waals surface area contributed by atoms with Crippen molar-refractivity contribution in [2.75, 3.05) is 40.3 Å². The fourth-order valence-corrected chi connectivity index (χ4v) is 1.79. The Hall–Kier alpha value is -1.07. The first-order valence-corrected chi connectivity index (χ1v) is 5.97. The lowest BCUT2D eigenvalue weighted by Gasteiger charge is -2.34. The SMILES string of the molecule is C=CCN(C)C(=O)N[C@@H](C)[C@@H]1CN(C)CCO1. The summed E-state index contributed by atoms with van der Waals surface area (Å²) in [7, 11) is 3.81. The van der Waals surface area contributed by atoms with Crippen molar-refractivity contribution in [2.24, 2.45) is 0 Å². The highest BCUT2D eigenvalue weighted by atomic mass is 16.5. The molecule has 17 heavy (non-hydrogen) atoms. The number of carbonyl (C=O) groups excluding carboxylic acids is 1. The molecule has 0 aliphatic carbocycles. The Morgan fingerprint density at radius 3 is 3.06 bits per heavy atom. The Labute approximate surface area is 103 Å². The second-order valence-electron chi connectivity index (χ2n) is 4.58. The number of urea groups is 1. The van der Waals surface area contributed by atoms with Gasteiger partial charge in [-0.1, -0.05) is 6.08 Å². The zero-order chi connectivity index (χ0) is 12.8. The van der Waals surface area contributed by atoms with Gasteiger partial charge in [-0.2, -0.15) is 0 Å². The number of hydrogen-bond acceptors (Lipinski definition) is 3. The van der Waals surface area contributed by atoms with Crippen LogP contribution in [-0.2, 0) is 4.74 Å². The van der Waals surface area contributed by atoms with Crippen molar-refractivity contribution in [1.29, 1.82) is 0 Å². The Morgan fingerprint density at radius 2 is 2.47 bits per heavy atom. The van der Waals surface area contributed by atoms with Crippen molar-refractivity contribution in [1.82, 2.24) is 15.1 Å². The first kappa shape index (κ1) is 14.0. The van der Waals surface area contributed by atoms with E-state index in [1.54, 1.807) is 18.0 Å². The Kier molecular flexibility index (Phi) is 5.44. The van der Waals surface area contributed by atoms with Gasteiger partial charge in [0, 0.05) is 26.7 Å². The molecule has 2 atom stereocenters. The molecule has 1 fully saturated rings. The van der Waals surface area contributed by atoms with Gasteiger partial charge in [-0.15, -0.1) is 6.58 Å². The molecule has 0 radical (unpaired) electrons. The van der Waals surface area contributed by atoms with Gasteiger partial charge in [0.1, 0.15) is 0 Å². The smallest absolute Gasteiger partial charge is 0.317 e. The number of morpholine rings is 1. The maximum absolute atomic E-state index is 11.8. The maximum Gasteiger partial charge on any atom is 0.317 e. The van der Waals surface area contributed by atoms with Crippen LogP contribution < -0.4 is 5.32 Å². The zero-order valence-corrected chi connectivity index (χ0v) is 11.0. The summed E-state index contributed by atoms with van der Waals surface area (Å²) < 4.78 is 5.66. The van der Waals surface area contributed by atoms with Gasteiger partial charge < -0.3 is 19.9 Å². The maximum atomic E-state index is 11.8. The number of nitrogens with one attached hydrogen (secondary N) is 1. The molecule has 2 amide bonds. The molecule has 0 spiro atoms. The van der Waals surface area contributed by atoms with Crippen molar-refractivity contribution in [3.63, 3.8) is 0 Å². The molecular weight excluding hydrogens is 218 g/mol. The number of likely N-dealkylation sites (N-methyl/N-ethyl adjacent to an activating group) is 2. The molecule has 0 unspecified atom stereocenters. The third kappa shape index (κ3) is 4.36. The highest BCUT2D eigenvalue weighted by Crippen LogP contribution is 2.07. The van der Waals surface area contributed by atoms with Crippen molar-refractivity contribution in [3.05, 3.63) is 12.7 Å². The number of nitrogens with zero attached hydrogens (tertiary/aromatic N) is 2. The Bertz CT molecular complexity index is 270. The predicted octanol–water partition coefficient (Wildman–Crippen LogP) is 0.533. The lowest BCUT2D eigenvalue weighted by atomic mass is 10.1. The average Bonchev–Trinajstić information content (AvgIpc) is 2.29. The molecule has 0 saturated carbocycles. The van der Waals surface area contributed by atoms with Gasteiger partial charge >= 0.3 is 6.03 Å². The number of amides is 2. The molecular formula is C12H23N3O2. The van der Waals surface area contributed by atoms with Crippen molar-refractivity contribution in [2.45, 2.75) is 19.1 Å². The van der Waals surface area contributed by atoms with Crippen LogP contribution in [0.5, 0.6) is 0 Å². The van der Waals surface area contributed by atoms with Crippen LogP contribution >= 0.6 is 0 Å². The van der Waals surface area contributed by atoms with Crippen LogP contribution in [0, 0.1) is 0 Å². The number of rotatable bonds is 4. The van der Waals surface area contributed by atoms with Gasteiger partial charge in [-0.05, 0) is 14.0 Å². The Morgan fingerprint density at radius 1 is 1.76 bits per heavy atom. The molecule has 5 heteroatoms. The predicted molar refractivity (Wildman–Crippen MR) is 68.1 cm³/mol. The Balaban J connectivity index is 2.39.